The first kappa shape index (κ1) is 18.3. The Labute approximate surface area is 164 Å². The fourth-order valence-corrected chi connectivity index (χ4v) is 3.86. The van der Waals surface area contributed by atoms with Crippen LogP contribution >= 0.6 is 0 Å². The molecule has 28 heavy (non-hydrogen) atoms. The van der Waals surface area contributed by atoms with Crippen molar-refractivity contribution in [3.63, 3.8) is 0 Å². The summed E-state index contributed by atoms with van der Waals surface area (Å²) in [5, 5.41) is 4.69. The summed E-state index contributed by atoms with van der Waals surface area (Å²) < 4.78 is 12.7. The number of methoxy groups -OCH3 is 1. The van der Waals surface area contributed by atoms with Gasteiger partial charge in [0, 0.05) is 12.7 Å². The van der Waals surface area contributed by atoms with Gasteiger partial charge in [0.2, 0.25) is 5.91 Å². The number of fused-ring (bicyclic) bond motifs is 1. The van der Waals surface area contributed by atoms with E-state index in [1.54, 1.807) is 13.4 Å². The van der Waals surface area contributed by atoms with Crippen LogP contribution < -0.4 is 4.74 Å². The SMILES string of the molecule is COc1ccc(CC(=O)N(Cc2ccco2)Cc2nn(C)c3c2CCC3)cc1. The molecule has 0 bridgehead atoms. The van der Waals surface area contributed by atoms with Crippen LogP contribution in [-0.4, -0.2) is 27.7 Å². The molecule has 6 nitrogen and oxygen atoms in total. The molecule has 4 rings (SSSR count). The number of amides is 1. The first-order chi connectivity index (χ1) is 13.6. The topological polar surface area (TPSA) is 60.5 Å². The van der Waals surface area contributed by atoms with Crippen LogP contribution in [0.5, 0.6) is 5.75 Å². The summed E-state index contributed by atoms with van der Waals surface area (Å²) in [7, 11) is 3.63. The highest BCUT2D eigenvalue weighted by atomic mass is 16.5. The van der Waals surface area contributed by atoms with E-state index in [1.807, 2.05) is 53.0 Å². The molecule has 146 valence electrons. The summed E-state index contributed by atoms with van der Waals surface area (Å²) in [4.78, 5) is 15.0. The van der Waals surface area contributed by atoms with Crippen LogP contribution in [0.1, 0.15) is 34.7 Å². The molecule has 1 aliphatic rings. The Morgan fingerprint density at radius 3 is 2.75 bits per heavy atom. The summed E-state index contributed by atoms with van der Waals surface area (Å²) in [6, 6.07) is 11.4. The number of benzene rings is 1. The highest BCUT2D eigenvalue weighted by Crippen LogP contribution is 2.26. The molecule has 0 atom stereocenters. The fourth-order valence-electron chi connectivity index (χ4n) is 3.86. The summed E-state index contributed by atoms with van der Waals surface area (Å²) in [5.74, 6) is 1.61. The molecular formula is C22H25N3O3. The van der Waals surface area contributed by atoms with E-state index in [0.717, 1.165) is 42.0 Å². The number of rotatable bonds is 7. The van der Waals surface area contributed by atoms with Gasteiger partial charge in [0.25, 0.3) is 0 Å². The summed E-state index contributed by atoms with van der Waals surface area (Å²) in [6.45, 7) is 0.937. The predicted octanol–water partition coefficient (Wildman–Crippen LogP) is 3.28. The van der Waals surface area contributed by atoms with Crippen LogP contribution in [0.2, 0.25) is 0 Å². The molecule has 6 heteroatoms. The Morgan fingerprint density at radius 2 is 2.04 bits per heavy atom. The number of nitrogens with zero attached hydrogens (tertiary/aromatic N) is 3. The van der Waals surface area contributed by atoms with E-state index in [2.05, 4.69) is 5.10 Å². The third-order valence-electron chi connectivity index (χ3n) is 5.33. The van der Waals surface area contributed by atoms with Gasteiger partial charge in [0.05, 0.1) is 38.6 Å². The maximum Gasteiger partial charge on any atom is 0.227 e. The van der Waals surface area contributed by atoms with Crippen LogP contribution in [0.25, 0.3) is 0 Å². The van der Waals surface area contributed by atoms with Crippen molar-refractivity contribution in [2.75, 3.05) is 7.11 Å². The average Bonchev–Trinajstić information content (AvgIpc) is 3.43. The molecule has 0 fully saturated rings. The molecular weight excluding hydrogens is 354 g/mol. The minimum atomic E-state index is 0.0546. The lowest BCUT2D eigenvalue weighted by Gasteiger charge is -2.21. The molecule has 1 aliphatic carbocycles. The Balaban J connectivity index is 1.54. The zero-order valence-electron chi connectivity index (χ0n) is 16.4. The van der Waals surface area contributed by atoms with Gasteiger partial charge in [-0.2, -0.15) is 5.10 Å². The Kier molecular flexibility index (Phi) is 5.19. The molecule has 0 unspecified atom stereocenters. The molecule has 0 aliphatic heterocycles. The Hall–Kier alpha value is -3.02. The lowest BCUT2D eigenvalue weighted by Crippen LogP contribution is -2.31. The van der Waals surface area contributed by atoms with Gasteiger partial charge < -0.3 is 14.1 Å². The molecule has 0 saturated heterocycles. The van der Waals surface area contributed by atoms with Crippen molar-refractivity contribution in [3.8, 4) is 5.75 Å². The van der Waals surface area contributed by atoms with Gasteiger partial charge in [-0.1, -0.05) is 12.1 Å². The molecule has 0 N–H and O–H groups in total. The highest BCUT2D eigenvalue weighted by Gasteiger charge is 2.24. The van der Waals surface area contributed by atoms with Crippen molar-refractivity contribution in [1.82, 2.24) is 14.7 Å². The first-order valence-corrected chi connectivity index (χ1v) is 9.60. The molecule has 2 heterocycles. The van der Waals surface area contributed by atoms with Crippen molar-refractivity contribution >= 4 is 5.91 Å². The summed E-state index contributed by atoms with van der Waals surface area (Å²) in [5.41, 5.74) is 4.57. The second-order valence-electron chi connectivity index (χ2n) is 7.20. The van der Waals surface area contributed by atoms with Crippen LogP contribution in [0.4, 0.5) is 0 Å². The first-order valence-electron chi connectivity index (χ1n) is 9.60. The van der Waals surface area contributed by atoms with Gasteiger partial charge in [-0.3, -0.25) is 9.48 Å². The third kappa shape index (κ3) is 3.81. The molecule has 3 aromatic rings. The van der Waals surface area contributed by atoms with Crippen LogP contribution in [0.15, 0.2) is 47.1 Å². The molecule has 0 spiro atoms. The molecule has 0 saturated carbocycles. The lowest BCUT2D eigenvalue weighted by atomic mass is 10.1. The van der Waals surface area contributed by atoms with E-state index >= 15 is 0 Å². The maximum absolute atomic E-state index is 13.1. The number of aromatic nitrogens is 2. The van der Waals surface area contributed by atoms with Crippen molar-refractivity contribution in [1.29, 1.82) is 0 Å². The van der Waals surface area contributed by atoms with Gasteiger partial charge in [-0.25, -0.2) is 0 Å². The van der Waals surface area contributed by atoms with Crippen LogP contribution in [0.3, 0.4) is 0 Å². The number of carbonyl (C=O) groups is 1. The summed E-state index contributed by atoms with van der Waals surface area (Å²) in [6.07, 6.45) is 5.24. The van der Waals surface area contributed by atoms with E-state index in [4.69, 9.17) is 9.15 Å². The number of hydrogen-bond acceptors (Lipinski definition) is 4. The molecule has 1 amide bonds. The van der Waals surface area contributed by atoms with Crippen LogP contribution in [-0.2, 0) is 44.2 Å². The maximum atomic E-state index is 13.1. The number of furan rings is 1. The standard InChI is InChI=1S/C22H25N3O3/c1-24-21-7-3-6-19(21)20(23-24)15-25(14-18-5-4-12-28-18)22(26)13-16-8-10-17(27-2)11-9-16/h4-5,8-12H,3,6-7,13-15H2,1-2H3. The van der Waals surface area contributed by atoms with E-state index in [1.165, 1.54) is 11.3 Å². The molecule has 1 aromatic carbocycles. The second kappa shape index (κ2) is 7.92. The third-order valence-corrected chi connectivity index (χ3v) is 5.33. The Morgan fingerprint density at radius 1 is 1.21 bits per heavy atom. The van der Waals surface area contributed by atoms with Crippen molar-refractivity contribution in [2.24, 2.45) is 7.05 Å². The second-order valence-corrected chi connectivity index (χ2v) is 7.20. The lowest BCUT2D eigenvalue weighted by molar-refractivity contribution is -0.132. The van der Waals surface area contributed by atoms with E-state index in [0.29, 0.717) is 19.5 Å². The van der Waals surface area contributed by atoms with E-state index in [-0.39, 0.29) is 5.91 Å². The van der Waals surface area contributed by atoms with Gasteiger partial charge >= 0.3 is 0 Å². The summed E-state index contributed by atoms with van der Waals surface area (Å²) >= 11 is 0. The van der Waals surface area contributed by atoms with Gasteiger partial charge in [-0.05, 0) is 54.7 Å². The van der Waals surface area contributed by atoms with Crippen molar-refractivity contribution in [3.05, 3.63) is 70.9 Å². The smallest absolute Gasteiger partial charge is 0.227 e. The number of aryl methyl sites for hydroxylation is 1. The quantitative estimate of drug-likeness (QED) is 0.632. The fraction of sp³-hybridized carbons (Fsp3) is 0.364. The number of carbonyl (C=O) groups excluding carboxylic acids is 1. The monoisotopic (exact) mass is 379 g/mol. The van der Waals surface area contributed by atoms with Crippen LogP contribution in [0, 0.1) is 0 Å². The van der Waals surface area contributed by atoms with Crippen molar-refractivity contribution in [2.45, 2.75) is 38.8 Å². The number of ether oxygens (including phenoxy) is 1. The molecule has 2 aromatic heterocycles. The van der Waals surface area contributed by atoms with Gasteiger partial charge in [-0.15, -0.1) is 0 Å². The normalized spacial score (nSPS) is 12.8. The van der Waals surface area contributed by atoms with Crippen molar-refractivity contribution < 1.29 is 13.9 Å². The van der Waals surface area contributed by atoms with Gasteiger partial charge in [0.15, 0.2) is 0 Å². The predicted molar refractivity (Wildman–Crippen MR) is 105 cm³/mol. The minimum Gasteiger partial charge on any atom is -0.497 e. The highest BCUT2D eigenvalue weighted by molar-refractivity contribution is 5.78. The average molecular weight is 379 g/mol. The van der Waals surface area contributed by atoms with Gasteiger partial charge in [0.1, 0.15) is 11.5 Å². The zero-order valence-corrected chi connectivity index (χ0v) is 16.4. The molecule has 0 radical (unpaired) electrons. The van der Waals surface area contributed by atoms with E-state index in [9.17, 15) is 4.79 Å². The Bertz CT molecular complexity index is 942. The zero-order chi connectivity index (χ0) is 19.5. The number of hydrogen-bond donors (Lipinski definition) is 0. The largest absolute Gasteiger partial charge is 0.497 e. The van der Waals surface area contributed by atoms with E-state index < -0.39 is 0 Å². The minimum absolute atomic E-state index is 0.0546.